The van der Waals surface area contributed by atoms with Crippen molar-refractivity contribution < 1.29 is 4.57 Å². The minimum atomic E-state index is -3.22. The van der Waals surface area contributed by atoms with Gasteiger partial charge in [0.1, 0.15) is 0 Å². The Balaban J connectivity index is 1.41. The second-order valence-corrected chi connectivity index (χ2v) is 18.9. The summed E-state index contributed by atoms with van der Waals surface area (Å²) in [7, 11) is -4.04. The number of aryl methyl sites for hydroxylation is 6. The van der Waals surface area contributed by atoms with Crippen molar-refractivity contribution >= 4 is 46.9 Å². The summed E-state index contributed by atoms with van der Waals surface area (Å²) in [5.74, 6) is 0. The molecular weight excluding hydrogens is 618 g/mol. The number of benzene rings is 6. The lowest BCUT2D eigenvalue weighted by molar-refractivity contribution is 0.511. The molecule has 2 aliphatic carbocycles. The van der Waals surface area contributed by atoms with Crippen LogP contribution in [0.4, 0.5) is 0 Å². The summed E-state index contributed by atoms with van der Waals surface area (Å²) < 4.78 is 16.3. The van der Waals surface area contributed by atoms with Crippen LogP contribution in [0.1, 0.15) is 57.3 Å². The van der Waals surface area contributed by atoms with Gasteiger partial charge in [0, 0.05) is 21.3 Å². The zero-order valence-electron chi connectivity index (χ0n) is 28.3. The lowest BCUT2D eigenvalue weighted by atomic mass is 9.76. The molecule has 2 aliphatic rings. The van der Waals surface area contributed by atoms with Crippen molar-refractivity contribution in [1.29, 1.82) is 0 Å². The van der Waals surface area contributed by atoms with Gasteiger partial charge in [-0.3, -0.25) is 0 Å². The topological polar surface area (TPSA) is 17.1 Å². The van der Waals surface area contributed by atoms with E-state index in [1.54, 1.807) is 0 Å². The fourth-order valence-corrected chi connectivity index (χ4v) is 14.6. The van der Waals surface area contributed by atoms with E-state index < -0.39 is 15.1 Å². The molecule has 0 heterocycles. The largest absolute Gasteiger partial charge is 0.309 e. The van der Waals surface area contributed by atoms with E-state index in [9.17, 15) is 0 Å². The van der Waals surface area contributed by atoms with Gasteiger partial charge in [-0.25, -0.2) is 0 Å². The van der Waals surface area contributed by atoms with Crippen molar-refractivity contribution in [3.05, 3.63) is 178 Å². The zero-order chi connectivity index (χ0) is 33.0. The average Bonchev–Trinajstić information content (AvgIpc) is 3.66. The Morgan fingerprint density at radius 1 is 0.521 bits per heavy atom. The van der Waals surface area contributed by atoms with Crippen LogP contribution in [0.5, 0.6) is 0 Å². The molecule has 0 amide bonds. The Morgan fingerprint density at radius 3 is 1.50 bits per heavy atom. The Morgan fingerprint density at radius 2 is 0.979 bits per heavy atom. The van der Waals surface area contributed by atoms with Crippen molar-refractivity contribution in [3.8, 4) is 0 Å². The van der Waals surface area contributed by atoms with Crippen LogP contribution < -0.4 is 31.8 Å². The van der Waals surface area contributed by atoms with Gasteiger partial charge in [0.2, 0.25) is 0 Å². The summed E-state index contributed by atoms with van der Waals surface area (Å²) in [5, 5.41) is 7.13. The molecule has 6 aromatic carbocycles. The highest BCUT2D eigenvalue weighted by atomic mass is 31.2. The van der Waals surface area contributed by atoms with E-state index in [4.69, 9.17) is 0 Å². The van der Waals surface area contributed by atoms with E-state index in [2.05, 4.69) is 161 Å². The maximum Gasteiger partial charge on any atom is 0.171 e. The minimum Gasteiger partial charge on any atom is -0.309 e. The molecule has 1 nitrogen and oxygen atoms in total. The van der Waals surface area contributed by atoms with Gasteiger partial charge < -0.3 is 4.57 Å². The van der Waals surface area contributed by atoms with Gasteiger partial charge in [-0.05, 0) is 112 Å². The van der Waals surface area contributed by atoms with Crippen LogP contribution in [-0.2, 0) is 22.8 Å². The summed E-state index contributed by atoms with van der Waals surface area (Å²) in [5.41, 5.74) is 10.3. The van der Waals surface area contributed by atoms with Crippen molar-refractivity contribution in [3.63, 3.8) is 0 Å². The van der Waals surface area contributed by atoms with Gasteiger partial charge in [-0.15, -0.1) is 0 Å². The Hall–Kier alpha value is -4.02. The van der Waals surface area contributed by atoms with E-state index in [1.807, 2.05) is 0 Å². The molecule has 0 fully saturated rings. The van der Waals surface area contributed by atoms with Gasteiger partial charge in [-0.1, -0.05) is 144 Å². The molecule has 0 saturated heterocycles. The second kappa shape index (κ2) is 12.1. The highest BCUT2D eigenvalue weighted by molar-refractivity contribution is 7.85. The molecule has 1 spiro atoms. The molecule has 3 heteroatoms. The molecular formula is C45H42OP2. The molecule has 0 aliphatic heterocycles. The summed E-state index contributed by atoms with van der Waals surface area (Å²) in [6.45, 7) is 8.63. The number of fused-ring (bicyclic) bond motifs is 4. The fraction of sp³-hybridized carbons (Fsp3) is 0.200. The average molecular weight is 661 g/mol. The van der Waals surface area contributed by atoms with Gasteiger partial charge in [0.25, 0.3) is 0 Å². The van der Waals surface area contributed by atoms with E-state index >= 15 is 4.57 Å². The Bertz CT molecular complexity index is 2150. The lowest BCUT2D eigenvalue weighted by Crippen LogP contribution is -2.37. The monoisotopic (exact) mass is 660 g/mol. The minimum absolute atomic E-state index is 0.185. The van der Waals surface area contributed by atoms with Crippen LogP contribution in [0.3, 0.4) is 0 Å². The zero-order valence-corrected chi connectivity index (χ0v) is 30.1. The Labute approximate surface area is 287 Å². The first-order valence-corrected chi connectivity index (χ1v) is 20.3. The van der Waals surface area contributed by atoms with Gasteiger partial charge in [0.05, 0.1) is 0 Å². The quantitative estimate of drug-likeness (QED) is 0.164. The van der Waals surface area contributed by atoms with E-state index in [0.29, 0.717) is 0 Å². The summed E-state index contributed by atoms with van der Waals surface area (Å²) in [6.07, 6.45) is 4.15. The maximum absolute atomic E-state index is 16.3. The SMILES string of the molecule is Cc1cccc(P(c2cccc(C)c2)c2cccc3c2C2(CC3)CCc3cccc(P(=O)(c4cccc(C)c4)c4cccc(C)c4)c32)c1. The van der Waals surface area contributed by atoms with Gasteiger partial charge in [0.15, 0.2) is 7.14 Å². The number of rotatable bonds is 6. The number of hydrogen-bond acceptors (Lipinski definition) is 1. The van der Waals surface area contributed by atoms with Crippen molar-refractivity contribution in [1.82, 2.24) is 0 Å². The van der Waals surface area contributed by atoms with E-state index in [1.165, 1.54) is 49.3 Å². The summed E-state index contributed by atoms with van der Waals surface area (Å²) in [4.78, 5) is 0. The van der Waals surface area contributed by atoms with Crippen LogP contribution in [0.25, 0.3) is 0 Å². The normalized spacial score (nSPS) is 16.8. The summed E-state index contributed by atoms with van der Waals surface area (Å²) in [6, 6.07) is 49.0. The van der Waals surface area contributed by atoms with Crippen LogP contribution in [0.15, 0.2) is 133 Å². The maximum atomic E-state index is 16.3. The predicted octanol–water partition coefficient (Wildman–Crippen LogP) is 8.50. The predicted molar refractivity (Wildman–Crippen MR) is 207 cm³/mol. The van der Waals surface area contributed by atoms with Gasteiger partial charge >= 0.3 is 0 Å². The van der Waals surface area contributed by atoms with Crippen LogP contribution in [0, 0.1) is 27.7 Å². The van der Waals surface area contributed by atoms with Crippen molar-refractivity contribution in [2.45, 2.75) is 58.8 Å². The third kappa shape index (κ3) is 5.06. The molecule has 0 radical (unpaired) electrons. The molecule has 6 aromatic rings. The molecule has 8 rings (SSSR count). The van der Waals surface area contributed by atoms with Crippen molar-refractivity contribution in [2.75, 3.05) is 0 Å². The number of hydrogen-bond donors (Lipinski definition) is 0. The molecule has 0 bridgehead atoms. The van der Waals surface area contributed by atoms with Crippen LogP contribution in [0.2, 0.25) is 0 Å². The molecule has 0 aromatic heterocycles. The second-order valence-electron chi connectivity index (χ2n) is 14.0. The summed E-state index contributed by atoms with van der Waals surface area (Å²) >= 11 is 0. The molecule has 0 N–H and O–H groups in total. The smallest absolute Gasteiger partial charge is 0.171 e. The first-order chi connectivity index (χ1) is 23.3. The first-order valence-electron chi connectivity index (χ1n) is 17.2. The van der Waals surface area contributed by atoms with E-state index in [-0.39, 0.29) is 5.41 Å². The standard InChI is InChI=1S/C45H42OP2/c1-31-11-5-17-37(27-31)47(38-18-6-12-32(2)28-38)41-21-9-15-35-23-25-45(43(35)41)26-24-36-16-10-22-42(44(36)45)48(46,39-19-7-13-33(3)29-39)40-20-8-14-34(4)30-40/h5-22,27-30H,23-26H2,1-4H3. The third-order valence-electron chi connectivity index (χ3n) is 10.7. The molecule has 1 atom stereocenters. The highest BCUT2D eigenvalue weighted by Crippen LogP contribution is 2.57. The molecule has 0 saturated carbocycles. The van der Waals surface area contributed by atoms with Crippen LogP contribution >= 0.6 is 15.1 Å². The third-order valence-corrected chi connectivity index (χ3v) is 16.2. The van der Waals surface area contributed by atoms with E-state index in [0.717, 1.165) is 52.7 Å². The fourth-order valence-electron chi connectivity index (χ4n) is 8.63. The van der Waals surface area contributed by atoms with Crippen LogP contribution in [-0.4, -0.2) is 0 Å². The molecule has 48 heavy (non-hydrogen) atoms. The molecule has 1 unspecified atom stereocenters. The molecule has 238 valence electrons. The Kier molecular flexibility index (Phi) is 7.91. The van der Waals surface area contributed by atoms with Gasteiger partial charge in [-0.2, -0.15) is 0 Å². The highest BCUT2D eigenvalue weighted by Gasteiger charge is 2.50. The first kappa shape index (κ1) is 31.3. The van der Waals surface area contributed by atoms with Crippen molar-refractivity contribution in [2.24, 2.45) is 0 Å². The lowest BCUT2D eigenvalue weighted by Gasteiger charge is -2.35.